The molecule has 2 aliphatic heterocycles. The minimum Gasteiger partial charge on any atom is -0.463 e. The molecule has 1 N–H and O–H groups in total. The predicted octanol–water partition coefficient (Wildman–Crippen LogP) is 1.73. The van der Waals surface area contributed by atoms with E-state index in [1.54, 1.807) is 6.92 Å². The van der Waals surface area contributed by atoms with Crippen LogP contribution in [0.5, 0.6) is 0 Å². The molecule has 38 heavy (non-hydrogen) atoms. The van der Waals surface area contributed by atoms with Gasteiger partial charge < -0.3 is 37.9 Å². The molecule has 2 aliphatic rings. The Bertz CT molecular complexity index is 874. The van der Waals surface area contributed by atoms with Gasteiger partial charge in [-0.25, -0.2) is 0 Å². The smallest absolute Gasteiger partial charge is 0.303 e. The van der Waals surface area contributed by atoms with E-state index in [1.807, 2.05) is 13.8 Å². The number of ether oxygens (including phenoxy) is 8. The van der Waals surface area contributed by atoms with Crippen LogP contribution in [0.4, 0.5) is 0 Å². The minimum atomic E-state index is -1.17. The zero-order chi connectivity index (χ0) is 28.7. The van der Waals surface area contributed by atoms with Crippen LogP contribution in [0.25, 0.3) is 0 Å². The van der Waals surface area contributed by atoms with E-state index in [1.165, 1.54) is 34.6 Å². The molecule has 2 fully saturated rings. The Labute approximate surface area is 222 Å². The van der Waals surface area contributed by atoms with Crippen LogP contribution in [0, 0.1) is 23.2 Å². The van der Waals surface area contributed by atoms with Crippen molar-refractivity contribution in [3.05, 3.63) is 0 Å². The average molecular weight is 546 g/mol. The van der Waals surface area contributed by atoms with Gasteiger partial charge in [-0.05, 0) is 5.92 Å². The Hall–Kier alpha value is -2.77. The molecule has 0 spiro atoms. The van der Waals surface area contributed by atoms with Gasteiger partial charge in [0.1, 0.15) is 19.3 Å². The summed E-state index contributed by atoms with van der Waals surface area (Å²) in [5, 5.41) is 7.72. The summed E-state index contributed by atoms with van der Waals surface area (Å²) in [4.78, 5) is 46.8. The van der Waals surface area contributed by atoms with Crippen molar-refractivity contribution < 1.29 is 57.1 Å². The molecule has 2 saturated heterocycles. The Morgan fingerprint density at radius 2 is 1.08 bits per heavy atom. The van der Waals surface area contributed by atoms with E-state index in [2.05, 4.69) is 0 Å². The quantitative estimate of drug-likeness (QED) is 0.193. The molecular weight excluding hydrogens is 506 g/mol. The standard InChI is InChI=1S/C25H39NO12/c1-11-12(2)22(34-17(7)29)25(36-19(11)9-31-15(5)27)38-21-13(3)23(35-18(8)30)24(33-14(4)26)37-20(21)10-32-16(6)28/h11-13,19-26H,9-10H2,1-8H3/t11-,12-,13-,19?,20?,21-,22?,23?,24?,25-/m0/s1. The summed E-state index contributed by atoms with van der Waals surface area (Å²) in [5.41, 5.74) is 0. The lowest BCUT2D eigenvalue weighted by atomic mass is 9.83. The van der Waals surface area contributed by atoms with Crippen molar-refractivity contribution in [1.29, 1.82) is 5.41 Å². The second-order valence-corrected chi connectivity index (χ2v) is 9.69. The fourth-order valence-corrected chi connectivity index (χ4v) is 4.54. The SMILES string of the molecule is CC(=N)OC1OC(COC(C)=O)[C@@H](O[C@@H]2OC(COC(C)=O)[C@@H](C)[C@H](C)C2OC(C)=O)[C@H](C)C1OC(C)=O. The van der Waals surface area contributed by atoms with Crippen molar-refractivity contribution in [2.24, 2.45) is 17.8 Å². The molecule has 2 rings (SSSR count). The maximum absolute atomic E-state index is 11.9. The summed E-state index contributed by atoms with van der Waals surface area (Å²) in [7, 11) is 0. The lowest BCUT2D eigenvalue weighted by Crippen LogP contribution is -2.61. The number of carbonyl (C=O) groups is 4. The number of hydrogen-bond donors (Lipinski definition) is 1. The Balaban J connectivity index is 2.41. The average Bonchev–Trinajstić information content (AvgIpc) is 2.79. The first-order chi connectivity index (χ1) is 17.7. The first-order valence-electron chi connectivity index (χ1n) is 12.5. The summed E-state index contributed by atoms with van der Waals surface area (Å²) in [6.07, 6.45) is -6.51. The van der Waals surface area contributed by atoms with Crippen LogP contribution >= 0.6 is 0 Å². The summed E-state index contributed by atoms with van der Waals surface area (Å²) in [5.74, 6) is -3.38. The molecule has 0 saturated carbocycles. The first-order valence-corrected chi connectivity index (χ1v) is 12.5. The van der Waals surface area contributed by atoms with Gasteiger partial charge in [0.15, 0.2) is 24.4 Å². The van der Waals surface area contributed by atoms with Crippen LogP contribution in [-0.2, 0) is 57.1 Å². The van der Waals surface area contributed by atoms with Crippen molar-refractivity contribution in [1.82, 2.24) is 0 Å². The largest absolute Gasteiger partial charge is 0.463 e. The van der Waals surface area contributed by atoms with Gasteiger partial charge in [0.2, 0.25) is 6.29 Å². The van der Waals surface area contributed by atoms with E-state index < -0.39 is 72.9 Å². The highest BCUT2D eigenvalue weighted by Gasteiger charge is 2.52. The molecule has 0 aromatic heterocycles. The fourth-order valence-electron chi connectivity index (χ4n) is 4.54. The minimum absolute atomic E-state index is 0.0360. The Morgan fingerprint density at radius 1 is 0.605 bits per heavy atom. The maximum Gasteiger partial charge on any atom is 0.303 e. The lowest BCUT2D eigenvalue weighted by Gasteiger charge is -2.48. The maximum atomic E-state index is 11.9. The molecular formula is C25H39NO12. The number of nitrogens with one attached hydrogen (secondary N) is 1. The van der Waals surface area contributed by atoms with Crippen molar-refractivity contribution in [3.8, 4) is 0 Å². The van der Waals surface area contributed by atoms with Gasteiger partial charge in [-0.3, -0.25) is 24.6 Å². The molecule has 0 bridgehead atoms. The van der Waals surface area contributed by atoms with Crippen molar-refractivity contribution >= 4 is 29.8 Å². The molecule has 0 amide bonds. The fraction of sp³-hybridized carbons (Fsp3) is 0.800. The molecule has 0 aromatic carbocycles. The third kappa shape index (κ3) is 8.63. The molecule has 13 nitrogen and oxygen atoms in total. The number of carbonyl (C=O) groups excluding carboxylic acids is 4. The first kappa shape index (κ1) is 31.4. The van der Waals surface area contributed by atoms with Crippen molar-refractivity contribution in [2.45, 2.75) is 98.5 Å². The highest BCUT2D eigenvalue weighted by Crippen LogP contribution is 2.38. The third-order valence-electron chi connectivity index (χ3n) is 6.58. The molecule has 0 radical (unpaired) electrons. The summed E-state index contributed by atoms with van der Waals surface area (Å²) >= 11 is 0. The van der Waals surface area contributed by atoms with Gasteiger partial charge in [-0.2, -0.15) is 0 Å². The van der Waals surface area contributed by atoms with Crippen LogP contribution in [0.3, 0.4) is 0 Å². The van der Waals surface area contributed by atoms with Crippen LogP contribution in [-0.4, -0.2) is 86.1 Å². The third-order valence-corrected chi connectivity index (χ3v) is 6.58. The number of rotatable bonds is 9. The topological polar surface area (TPSA) is 166 Å². The van der Waals surface area contributed by atoms with Crippen LogP contribution in [0.2, 0.25) is 0 Å². The molecule has 13 heteroatoms. The predicted molar refractivity (Wildman–Crippen MR) is 129 cm³/mol. The Kier molecular flexibility index (Phi) is 11.5. The van der Waals surface area contributed by atoms with E-state index in [9.17, 15) is 19.2 Å². The van der Waals surface area contributed by atoms with Gasteiger partial charge in [0, 0.05) is 46.5 Å². The summed E-state index contributed by atoms with van der Waals surface area (Å²) < 4.78 is 45.4. The highest BCUT2D eigenvalue weighted by molar-refractivity contribution is 5.70. The van der Waals surface area contributed by atoms with Gasteiger partial charge >= 0.3 is 23.9 Å². The van der Waals surface area contributed by atoms with Gasteiger partial charge in [0.25, 0.3) is 0 Å². The monoisotopic (exact) mass is 545 g/mol. The van der Waals surface area contributed by atoms with Crippen LogP contribution < -0.4 is 0 Å². The van der Waals surface area contributed by atoms with E-state index in [0.29, 0.717) is 0 Å². The van der Waals surface area contributed by atoms with Crippen LogP contribution in [0.15, 0.2) is 0 Å². The number of esters is 4. The lowest BCUT2D eigenvalue weighted by molar-refractivity contribution is -0.338. The molecule has 2 heterocycles. The Morgan fingerprint density at radius 3 is 1.55 bits per heavy atom. The molecule has 10 atom stereocenters. The normalized spacial score (nSPS) is 34.9. The second kappa shape index (κ2) is 13.9. The van der Waals surface area contributed by atoms with Crippen molar-refractivity contribution in [2.75, 3.05) is 13.2 Å². The molecule has 0 aromatic rings. The summed E-state index contributed by atoms with van der Waals surface area (Å²) in [6, 6.07) is 0. The van der Waals surface area contributed by atoms with E-state index >= 15 is 0 Å². The number of hydrogen-bond acceptors (Lipinski definition) is 13. The zero-order valence-corrected chi connectivity index (χ0v) is 23.1. The van der Waals surface area contributed by atoms with E-state index in [4.69, 9.17) is 43.3 Å². The molecule has 216 valence electrons. The van der Waals surface area contributed by atoms with Gasteiger partial charge in [-0.1, -0.05) is 20.8 Å². The van der Waals surface area contributed by atoms with E-state index in [0.717, 1.165) is 0 Å². The van der Waals surface area contributed by atoms with Gasteiger partial charge in [-0.15, -0.1) is 0 Å². The molecule has 5 unspecified atom stereocenters. The highest BCUT2D eigenvalue weighted by atomic mass is 16.8. The second-order valence-electron chi connectivity index (χ2n) is 9.69. The van der Waals surface area contributed by atoms with Gasteiger partial charge in [0.05, 0.1) is 12.2 Å². The molecule has 0 aliphatic carbocycles. The van der Waals surface area contributed by atoms with Crippen molar-refractivity contribution in [3.63, 3.8) is 0 Å². The zero-order valence-electron chi connectivity index (χ0n) is 23.1. The van der Waals surface area contributed by atoms with Crippen LogP contribution in [0.1, 0.15) is 55.4 Å². The summed E-state index contributed by atoms with van der Waals surface area (Å²) in [6.45, 7) is 11.6. The van der Waals surface area contributed by atoms with E-state index in [-0.39, 0.29) is 30.9 Å².